The molecule has 1 saturated heterocycles. The second-order valence-corrected chi connectivity index (χ2v) is 6.42. The molecule has 1 aliphatic rings. The number of phenolic OH excluding ortho intramolecular Hbond substituents is 1. The van der Waals surface area contributed by atoms with Gasteiger partial charge in [-0.2, -0.15) is 9.61 Å². The van der Waals surface area contributed by atoms with Crippen molar-refractivity contribution in [2.45, 2.75) is 32.1 Å². The minimum atomic E-state index is 0.356. The predicted molar refractivity (Wildman–Crippen MR) is 94.7 cm³/mol. The smallest absolute Gasteiger partial charge is 0.157 e. The maximum Gasteiger partial charge on any atom is 0.157 e. The largest absolute Gasteiger partial charge is 0.508 e. The standard InChI is InChI=1S/C19H22N4O/c1-2-16-13-19(23-18(21-16)6-9-20-23)22-10-7-14(8-11-22)15-4-3-5-17(24)12-15/h3-6,9,12-14,24H,2,7-8,10-11H2,1H3. The van der Waals surface area contributed by atoms with Crippen LogP contribution in [0, 0.1) is 0 Å². The number of nitrogens with zero attached hydrogens (tertiary/aromatic N) is 4. The SMILES string of the molecule is CCc1cc(N2CCC(c3cccc(O)c3)CC2)n2nccc2n1. The van der Waals surface area contributed by atoms with Crippen LogP contribution in [0.25, 0.3) is 5.65 Å². The van der Waals surface area contributed by atoms with E-state index in [0.717, 1.165) is 49.5 Å². The number of aryl methyl sites for hydroxylation is 1. The lowest BCUT2D eigenvalue weighted by Gasteiger charge is -2.34. The molecule has 4 rings (SSSR count). The first-order valence-corrected chi connectivity index (χ1v) is 8.62. The molecule has 1 aromatic carbocycles. The Balaban J connectivity index is 1.57. The Kier molecular flexibility index (Phi) is 3.84. The van der Waals surface area contributed by atoms with Crippen LogP contribution in [-0.4, -0.2) is 32.8 Å². The third-order valence-corrected chi connectivity index (χ3v) is 4.92. The average molecular weight is 322 g/mol. The molecular weight excluding hydrogens is 300 g/mol. The highest BCUT2D eigenvalue weighted by atomic mass is 16.3. The monoisotopic (exact) mass is 322 g/mol. The van der Waals surface area contributed by atoms with Crippen molar-refractivity contribution in [1.29, 1.82) is 0 Å². The third kappa shape index (κ3) is 2.70. The van der Waals surface area contributed by atoms with Crippen LogP contribution in [0.5, 0.6) is 5.75 Å². The average Bonchev–Trinajstić information content (AvgIpc) is 3.09. The van der Waals surface area contributed by atoms with Crippen LogP contribution in [0.1, 0.15) is 36.9 Å². The van der Waals surface area contributed by atoms with Gasteiger partial charge in [0.15, 0.2) is 5.65 Å². The van der Waals surface area contributed by atoms with Crippen molar-refractivity contribution in [3.63, 3.8) is 0 Å². The molecule has 3 heterocycles. The van der Waals surface area contributed by atoms with E-state index in [-0.39, 0.29) is 0 Å². The first-order valence-electron chi connectivity index (χ1n) is 8.62. The Hall–Kier alpha value is -2.56. The summed E-state index contributed by atoms with van der Waals surface area (Å²) in [6.07, 6.45) is 4.89. The summed E-state index contributed by atoms with van der Waals surface area (Å²) in [6.45, 7) is 4.11. The predicted octanol–water partition coefficient (Wildman–Crippen LogP) is 3.38. The minimum Gasteiger partial charge on any atom is -0.508 e. The zero-order valence-corrected chi connectivity index (χ0v) is 13.9. The molecule has 5 nitrogen and oxygen atoms in total. The molecule has 0 amide bonds. The number of phenols is 1. The molecule has 0 spiro atoms. The molecule has 0 saturated carbocycles. The van der Waals surface area contributed by atoms with Crippen molar-refractivity contribution in [2.75, 3.05) is 18.0 Å². The summed E-state index contributed by atoms with van der Waals surface area (Å²) in [4.78, 5) is 7.03. The number of hydrogen-bond acceptors (Lipinski definition) is 4. The maximum absolute atomic E-state index is 9.70. The number of piperidine rings is 1. The number of fused-ring (bicyclic) bond motifs is 1. The molecule has 1 fully saturated rings. The van der Waals surface area contributed by atoms with Gasteiger partial charge in [-0.05, 0) is 42.9 Å². The quantitative estimate of drug-likeness (QED) is 0.803. The highest BCUT2D eigenvalue weighted by Gasteiger charge is 2.23. The van der Waals surface area contributed by atoms with E-state index in [1.54, 1.807) is 6.07 Å². The van der Waals surface area contributed by atoms with Gasteiger partial charge in [0.1, 0.15) is 11.6 Å². The van der Waals surface area contributed by atoms with E-state index in [9.17, 15) is 5.11 Å². The van der Waals surface area contributed by atoms with Crippen molar-refractivity contribution < 1.29 is 5.11 Å². The first-order chi connectivity index (χ1) is 11.7. The molecule has 0 atom stereocenters. The van der Waals surface area contributed by atoms with Gasteiger partial charge in [0, 0.05) is 30.9 Å². The molecule has 1 aliphatic heterocycles. The van der Waals surface area contributed by atoms with Gasteiger partial charge >= 0.3 is 0 Å². The number of aromatic hydroxyl groups is 1. The second-order valence-electron chi connectivity index (χ2n) is 6.42. The summed E-state index contributed by atoms with van der Waals surface area (Å²) in [6, 6.07) is 11.8. The Morgan fingerprint density at radius 3 is 2.75 bits per heavy atom. The van der Waals surface area contributed by atoms with Gasteiger partial charge in [-0.25, -0.2) is 4.98 Å². The van der Waals surface area contributed by atoms with Crippen LogP contribution in [0.15, 0.2) is 42.6 Å². The molecule has 1 N–H and O–H groups in total. The zero-order chi connectivity index (χ0) is 16.5. The Morgan fingerprint density at radius 1 is 1.17 bits per heavy atom. The van der Waals surface area contributed by atoms with Crippen LogP contribution < -0.4 is 4.90 Å². The van der Waals surface area contributed by atoms with Gasteiger partial charge in [-0.1, -0.05) is 19.1 Å². The molecular formula is C19H22N4O. The molecule has 0 bridgehead atoms. The number of rotatable bonds is 3. The van der Waals surface area contributed by atoms with Gasteiger partial charge in [0.2, 0.25) is 0 Å². The lowest BCUT2D eigenvalue weighted by atomic mass is 9.89. The van der Waals surface area contributed by atoms with E-state index >= 15 is 0 Å². The molecule has 3 aromatic rings. The number of anilines is 1. The summed E-state index contributed by atoms with van der Waals surface area (Å²) in [5.74, 6) is 2.00. The van der Waals surface area contributed by atoms with Crippen molar-refractivity contribution in [2.24, 2.45) is 0 Å². The Labute approximate surface area is 141 Å². The topological polar surface area (TPSA) is 53.7 Å². The summed E-state index contributed by atoms with van der Waals surface area (Å²) in [7, 11) is 0. The van der Waals surface area contributed by atoms with Crippen molar-refractivity contribution >= 4 is 11.5 Å². The van der Waals surface area contributed by atoms with Crippen LogP contribution >= 0.6 is 0 Å². The fourth-order valence-corrected chi connectivity index (χ4v) is 3.57. The van der Waals surface area contributed by atoms with Crippen molar-refractivity contribution in [1.82, 2.24) is 14.6 Å². The van der Waals surface area contributed by atoms with E-state index < -0.39 is 0 Å². The van der Waals surface area contributed by atoms with Crippen LogP contribution in [0.2, 0.25) is 0 Å². The number of benzene rings is 1. The van der Waals surface area contributed by atoms with Crippen LogP contribution in [-0.2, 0) is 6.42 Å². The summed E-state index contributed by atoms with van der Waals surface area (Å²) < 4.78 is 1.94. The minimum absolute atomic E-state index is 0.356. The fraction of sp³-hybridized carbons (Fsp3) is 0.368. The molecule has 124 valence electrons. The molecule has 24 heavy (non-hydrogen) atoms. The Morgan fingerprint density at radius 2 is 2.00 bits per heavy atom. The molecule has 0 radical (unpaired) electrons. The van der Waals surface area contributed by atoms with Gasteiger partial charge in [-0.3, -0.25) is 0 Å². The maximum atomic E-state index is 9.70. The van der Waals surface area contributed by atoms with Gasteiger partial charge in [0.05, 0.1) is 6.20 Å². The lowest BCUT2D eigenvalue weighted by molar-refractivity contribution is 0.467. The van der Waals surface area contributed by atoms with E-state index in [1.165, 1.54) is 5.56 Å². The van der Waals surface area contributed by atoms with Crippen LogP contribution in [0.3, 0.4) is 0 Å². The van der Waals surface area contributed by atoms with E-state index in [0.29, 0.717) is 11.7 Å². The molecule has 0 aliphatic carbocycles. The van der Waals surface area contributed by atoms with Gasteiger partial charge in [0.25, 0.3) is 0 Å². The number of hydrogen-bond donors (Lipinski definition) is 1. The second kappa shape index (κ2) is 6.15. The summed E-state index contributed by atoms with van der Waals surface area (Å²) in [5, 5.41) is 14.1. The summed E-state index contributed by atoms with van der Waals surface area (Å²) >= 11 is 0. The molecule has 2 aromatic heterocycles. The summed E-state index contributed by atoms with van der Waals surface area (Å²) in [5.41, 5.74) is 3.26. The van der Waals surface area contributed by atoms with E-state index in [1.807, 2.05) is 28.9 Å². The fourth-order valence-electron chi connectivity index (χ4n) is 3.57. The van der Waals surface area contributed by atoms with E-state index in [2.05, 4.69) is 34.0 Å². The van der Waals surface area contributed by atoms with Gasteiger partial charge in [-0.15, -0.1) is 0 Å². The Bertz CT molecular complexity index is 849. The normalized spacial score (nSPS) is 16.0. The number of aromatic nitrogens is 3. The van der Waals surface area contributed by atoms with Crippen molar-refractivity contribution in [3.05, 3.63) is 53.9 Å². The first kappa shape index (κ1) is 15.0. The van der Waals surface area contributed by atoms with Gasteiger partial charge < -0.3 is 10.0 Å². The van der Waals surface area contributed by atoms with Crippen LogP contribution in [0.4, 0.5) is 5.82 Å². The third-order valence-electron chi connectivity index (χ3n) is 4.92. The van der Waals surface area contributed by atoms with Crippen molar-refractivity contribution in [3.8, 4) is 5.75 Å². The van der Waals surface area contributed by atoms with E-state index in [4.69, 9.17) is 0 Å². The molecule has 0 unspecified atom stereocenters. The molecule has 5 heteroatoms. The zero-order valence-electron chi connectivity index (χ0n) is 13.9. The highest BCUT2D eigenvalue weighted by molar-refractivity contribution is 5.51. The highest BCUT2D eigenvalue weighted by Crippen LogP contribution is 2.32. The lowest BCUT2D eigenvalue weighted by Crippen LogP contribution is -2.34.